The van der Waals surface area contributed by atoms with Gasteiger partial charge in [0.25, 0.3) is 0 Å². The van der Waals surface area contributed by atoms with Crippen molar-refractivity contribution in [2.45, 2.75) is 0 Å². The summed E-state index contributed by atoms with van der Waals surface area (Å²) in [5, 5.41) is 1.84. The van der Waals surface area contributed by atoms with Crippen molar-refractivity contribution in [2.24, 2.45) is 4.99 Å². The van der Waals surface area contributed by atoms with Gasteiger partial charge in [-0.2, -0.15) is 0 Å². The van der Waals surface area contributed by atoms with E-state index >= 15 is 0 Å². The molecule has 0 radical (unpaired) electrons. The molecule has 26 heavy (non-hydrogen) atoms. The number of nitrogen functional groups attached to an aromatic ring is 1. The molecule has 6 nitrogen and oxygen atoms in total. The van der Waals surface area contributed by atoms with E-state index in [2.05, 4.69) is 15.4 Å². The van der Waals surface area contributed by atoms with E-state index in [1.54, 1.807) is 18.5 Å². The number of nitrogens with one attached hydrogen (secondary N) is 1. The van der Waals surface area contributed by atoms with Crippen LogP contribution < -0.4 is 16.2 Å². The van der Waals surface area contributed by atoms with Crippen molar-refractivity contribution in [1.82, 2.24) is 14.8 Å². The number of anilines is 2. The third kappa shape index (κ3) is 2.03. The van der Waals surface area contributed by atoms with Gasteiger partial charge in [0.1, 0.15) is 30.2 Å². The molecule has 5 rings (SSSR count). The molecule has 0 saturated heterocycles. The summed E-state index contributed by atoms with van der Waals surface area (Å²) in [6.07, 6.45) is 3.55. The van der Waals surface area contributed by atoms with Gasteiger partial charge in [-0.05, 0) is 30.3 Å². The van der Waals surface area contributed by atoms with Crippen LogP contribution in [0.15, 0.2) is 59.7 Å². The van der Waals surface area contributed by atoms with E-state index < -0.39 is 0 Å². The number of fused-ring (bicyclic) bond motifs is 3. The molecule has 0 amide bonds. The van der Waals surface area contributed by atoms with E-state index in [1.807, 2.05) is 45.9 Å². The quantitative estimate of drug-likeness (QED) is 0.585. The first kappa shape index (κ1) is 14.7. The maximum Gasteiger partial charge on any atom is 0.148 e. The predicted octanol–water partition coefficient (Wildman–Crippen LogP) is 3.19. The van der Waals surface area contributed by atoms with Crippen LogP contribution in [0.25, 0.3) is 27.7 Å². The normalized spacial score (nSPS) is 13.7. The van der Waals surface area contributed by atoms with Gasteiger partial charge >= 0.3 is 0 Å². The van der Waals surface area contributed by atoms with Gasteiger partial charge in [-0.3, -0.25) is 15.4 Å². The molecule has 0 fully saturated rings. The lowest BCUT2D eigenvalue weighted by Crippen LogP contribution is -2.32. The lowest BCUT2D eigenvalue weighted by molar-refractivity contribution is 0.631. The third-order valence-electron chi connectivity index (χ3n) is 4.59. The van der Waals surface area contributed by atoms with Crippen LogP contribution in [0.1, 0.15) is 0 Å². The highest BCUT2D eigenvalue weighted by Crippen LogP contribution is 2.38. The molecule has 0 spiro atoms. The largest absolute Gasteiger partial charge is 0.382 e. The zero-order valence-corrected chi connectivity index (χ0v) is 13.7. The van der Waals surface area contributed by atoms with E-state index in [0.717, 1.165) is 22.3 Å². The van der Waals surface area contributed by atoms with Crippen molar-refractivity contribution < 1.29 is 4.39 Å². The first-order valence-electron chi connectivity index (χ1n) is 8.20. The van der Waals surface area contributed by atoms with Crippen LogP contribution in [0.4, 0.5) is 15.9 Å². The average molecular weight is 346 g/mol. The third-order valence-corrected chi connectivity index (χ3v) is 4.59. The molecular weight excluding hydrogens is 331 g/mol. The zero-order chi connectivity index (χ0) is 17.7. The molecule has 0 atom stereocenters. The van der Waals surface area contributed by atoms with Gasteiger partial charge in [0.2, 0.25) is 0 Å². The number of benzene rings is 2. The van der Waals surface area contributed by atoms with Crippen LogP contribution >= 0.6 is 0 Å². The van der Waals surface area contributed by atoms with Gasteiger partial charge in [-0.1, -0.05) is 18.2 Å². The number of hydrazine groups is 1. The SMILES string of the molecule is Nc1nc2c(N3CN=CN3)c(-c3ccccc3F)ccc2n2cccc12. The number of hydrogen-bond acceptors (Lipinski definition) is 5. The fourth-order valence-corrected chi connectivity index (χ4v) is 3.43. The maximum atomic E-state index is 14.5. The molecule has 2 aromatic heterocycles. The minimum absolute atomic E-state index is 0.289. The summed E-state index contributed by atoms with van der Waals surface area (Å²) >= 11 is 0. The molecule has 7 heteroatoms. The van der Waals surface area contributed by atoms with E-state index in [0.29, 0.717) is 23.6 Å². The smallest absolute Gasteiger partial charge is 0.148 e. The van der Waals surface area contributed by atoms with Crippen molar-refractivity contribution >= 4 is 34.4 Å². The highest BCUT2D eigenvalue weighted by molar-refractivity contribution is 6.01. The molecule has 0 unspecified atom stereocenters. The summed E-state index contributed by atoms with van der Waals surface area (Å²) in [4.78, 5) is 8.84. The summed E-state index contributed by atoms with van der Waals surface area (Å²) < 4.78 is 16.5. The monoisotopic (exact) mass is 346 g/mol. The Kier molecular flexibility index (Phi) is 3.08. The van der Waals surface area contributed by atoms with Gasteiger partial charge in [0.05, 0.1) is 16.7 Å². The van der Waals surface area contributed by atoms with Crippen LogP contribution in [-0.2, 0) is 0 Å². The summed E-state index contributed by atoms with van der Waals surface area (Å²) in [6, 6.07) is 14.4. The van der Waals surface area contributed by atoms with Gasteiger partial charge in [0.15, 0.2) is 0 Å². The molecule has 0 bridgehead atoms. The molecule has 128 valence electrons. The van der Waals surface area contributed by atoms with E-state index in [1.165, 1.54) is 6.07 Å². The van der Waals surface area contributed by atoms with Gasteiger partial charge in [-0.15, -0.1) is 0 Å². The average Bonchev–Trinajstić information content (AvgIpc) is 3.34. The molecule has 0 aliphatic carbocycles. The maximum absolute atomic E-state index is 14.5. The summed E-state index contributed by atoms with van der Waals surface area (Å²) in [5.41, 5.74) is 13.7. The predicted molar refractivity (Wildman–Crippen MR) is 101 cm³/mol. The Bertz CT molecular complexity index is 1170. The van der Waals surface area contributed by atoms with Crippen molar-refractivity contribution in [1.29, 1.82) is 0 Å². The van der Waals surface area contributed by atoms with Crippen LogP contribution in [-0.4, -0.2) is 22.4 Å². The van der Waals surface area contributed by atoms with Crippen molar-refractivity contribution in [2.75, 3.05) is 17.4 Å². The van der Waals surface area contributed by atoms with Crippen molar-refractivity contribution in [3.63, 3.8) is 0 Å². The fraction of sp³-hybridized carbons (Fsp3) is 0.0526. The van der Waals surface area contributed by atoms with E-state index in [9.17, 15) is 4.39 Å². The second kappa shape index (κ2) is 5.45. The molecule has 3 heterocycles. The van der Waals surface area contributed by atoms with Crippen LogP contribution in [0.2, 0.25) is 0 Å². The second-order valence-corrected chi connectivity index (χ2v) is 6.08. The molecular formula is C19H15FN6. The second-order valence-electron chi connectivity index (χ2n) is 6.08. The van der Waals surface area contributed by atoms with Crippen LogP contribution in [0.5, 0.6) is 0 Å². The molecule has 1 aliphatic heterocycles. The molecule has 0 saturated carbocycles. The first-order chi connectivity index (χ1) is 12.7. The molecule has 1 aliphatic rings. The standard InChI is InChI=1S/C19H15FN6/c20-14-5-2-1-4-12(14)13-7-8-15-17(18(13)26-11-22-10-23-26)24-19(21)16-6-3-9-25(15)16/h1-10H,11H2,(H2,21,24)(H,22,23). The Morgan fingerprint density at radius 2 is 1.88 bits per heavy atom. The summed E-state index contributed by atoms with van der Waals surface area (Å²) in [5.74, 6) is 0.137. The number of aromatic nitrogens is 2. The van der Waals surface area contributed by atoms with E-state index in [4.69, 9.17) is 5.73 Å². The summed E-state index contributed by atoms with van der Waals surface area (Å²) in [6.45, 7) is 0.409. The number of hydrogen-bond donors (Lipinski definition) is 2. The van der Waals surface area contributed by atoms with Gasteiger partial charge in [0, 0.05) is 17.3 Å². The first-order valence-corrected chi connectivity index (χ1v) is 8.20. The minimum atomic E-state index is -0.289. The number of nitrogens with two attached hydrogens (primary N) is 1. The number of nitrogens with zero attached hydrogens (tertiary/aromatic N) is 4. The van der Waals surface area contributed by atoms with Crippen molar-refractivity contribution in [3.05, 3.63) is 60.5 Å². The number of aliphatic imine (C=N–C) groups is 1. The highest BCUT2D eigenvalue weighted by atomic mass is 19.1. The van der Waals surface area contributed by atoms with Crippen molar-refractivity contribution in [3.8, 4) is 11.1 Å². The van der Waals surface area contributed by atoms with E-state index in [-0.39, 0.29) is 5.82 Å². The molecule has 3 N–H and O–H groups in total. The summed E-state index contributed by atoms with van der Waals surface area (Å²) in [7, 11) is 0. The molecule has 2 aromatic carbocycles. The number of rotatable bonds is 2. The fourth-order valence-electron chi connectivity index (χ4n) is 3.43. The Morgan fingerprint density at radius 3 is 2.69 bits per heavy atom. The lowest BCUT2D eigenvalue weighted by atomic mass is 10.0. The minimum Gasteiger partial charge on any atom is -0.382 e. The topological polar surface area (TPSA) is 70.9 Å². The lowest BCUT2D eigenvalue weighted by Gasteiger charge is -2.23. The Morgan fingerprint density at radius 1 is 1.00 bits per heavy atom. The molecule has 4 aromatic rings. The number of halogens is 1. The Balaban J connectivity index is 1.90. The van der Waals surface area contributed by atoms with Crippen LogP contribution in [0, 0.1) is 5.82 Å². The van der Waals surface area contributed by atoms with Crippen LogP contribution in [0.3, 0.4) is 0 Å². The Labute approximate surface area is 148 Å². The zero-order valence-electron chi connectivity index (χ0n) is 13.7. The van der Waals surface area contributed by atoms with Gasteiger partial charge < -0.3 is 10.1 Å². The Hall–Kier alpha value is -3.61. The van der Waals surface area contributed by atoms with Gasteiger partial charge in [-0.25, -0.2) is 9.37 Å². The highest BCUT2D eigenvalue weighted by Gasteiger charge is 2.22.